The van der Waals surface area contributed by atoms with E-state index in [4.69, 9.17) is 0 Å². The summed E-state index contributed by atoms with van der Waals surface area (Å²) in [7, 11) is 1.81. The van der Waals surface area contributed by atoms with E-state index in [0.29, 0.717) is 41.2 Å². The summed E-state index contributed by atoms with van der Waals surface area (Å²) >= 11 is 0. The minimum absolute atomic E-state index is 0.107. The molecule has 0 saturated heterocycles. The molecule has 3 N–H and O–H groups in total. The Morgan fingerprint density at radius 2 is 2.00 bits per heavy atom. The average Bonchev–Trinajstić information content (AvgIpc) is 3.17. The molecule has 0 aliphatic carbocycles. The number of nitrogens with zero attached hydrogens (tertiary/aromatic N) is 6. The smallest absolute Gasteiger partial charge is 0.350 e. The number of halogens is 3. The number of aryl methyl sites for hydroxylation is 1. The zero-order valence-corrected chi connectivity index (χ0v) is 18.1. The quantitative estimate of drug-likeness (QED) is 0.514. The lowest BCUT2D eigenvalue weighted by molar-refractivity contribution is -0.142. The van der Waals surface area contributed by atoms with Gasteiger partial charge in [0.1, 0.15) is 24.1 Å². The van der Waals surface area contributed by atoms with Gasteiger partial charge in [-0.2, -0.15) is 23.3 Å². The third kappa shape index (κ3) is 5.13. The minimum Gasteiger partial charge on any atom is -0.350 e. The van der Waals surface area contributed by atoms with Crippen LogP contribution in [0.25, 0.3) is 0 Å². The maximum atomic E-state index is 12.4. The molecule has 13 heteroatoms. The number of nitrogens with one attached hydrogen (secondary N) is 3. The van der Waals surface area contributed by atoms with Gasteiger partial charge in [-0.1, -0.05) is 6.07 Å². The molecule has 174 valence electrons. The molecule has 0 saturated carbocycles. The molecule has 10 nitrogen and oxygen atoms in total. The predicted molar refractivity (Wildman–Crippen MR) is 116 cm³/mol. The van der Waals surface area contributed by atoms with Crippen LogP contribution in [0.1, 0.15) is 18.2 Å². The van der Waals surface area contributed by atoms with Gasteiger partial charge in [0.25, 0.3) is 0 Å². The zero-order chi connectivity index (χ0) is 23.8. The third-order valence-electron chi connectivity index (χ3n) is 5.14. The van der Waals surface area contributed by atoms with Crippen LogP contribution in [0, 0.1) is 6.92 Å². The highest BCUT2D eigenvalue weighted by Crippen LogP contribution is 2.32. The molecule has 1 amide bonds. The lowest BCUT2D eigenvalue weighted by atomic mass is 10.2. The lowest BCUT2D eigenvalue weighted by Gasteiger charge is -2.32. The highest BCUT2D eigenvalue weighted by atomic mass is 19.4. The van der Waals surface area contributed by atoms with Gasteiger partial charge in [-0.25, -0.2) is 9.97 Å². The van der Waals surface area contributed by atoms with Crippen molar-refractivity contribution < 1.29 is 18.0 Å². The molecule has 3 aromatic rings. The number of fused-ring (bicyclic) bond motifs is 1. The fraction of sp³-hybridized carbons (Fsp3) is 0.350. The normalized spacial score (nSPS) is 15.8. The number of anilines is 5. The number of carbonyl (C=O) groups is 1. The maximum absolute atomic E-state index is 12.4. The number of hydrogen-bond acceptors (Lipinski definition) is 8. The van der Waals surface area contributed by atoms with Gasteiger partial charge in [0.15, 0.2) is 5.82 Å². The van der Waals surface area contributed by atoms with Crippen molar-refractivity contribution in [3.63, 3.8) is 0 Å². The first-order valence-electron chi connectivity index (χ1n) is 10.1. The van der Waals surface area contributed by atoms with Gasteiger partial charge in [-0.3, -0.25) is 9.48 Å². The van der Waals surface area contributed by atoms with Gasteiger partial charge in [0.2, 0.25) is 11.9 Å². The van der Waals surface area contributed by atoms with E-state index >= 15 is 0 Å². The van der Waals surface area contributed by atoms with E-state index in [9.17, 15) is 18.0 Å². The largest absolute Gasteiger partial charge is 0.408 e. The molecule has 1 aliphatic heterocycles. The molecule has 0 aromatic carbocycles. The molecule has 1 aliphatic rings. The van der Waals surface area contributed by atoms with E-state index in [0.717, 1.165) is 10.2 Å². The van der Waals surface area contributed by atoms with Crippen molar-refractivity contribution in [3.8, 4) is 0 Å². The minimum atomic E-state index is -4.34. The average molecular weight is 461 g/mol. The van der Waals surface area contributed by atoms with Crippen molar-refractivity contribution in [1.82, 2.24) is 24.7 Å². The summed E-state index contributed by atoms with van der Waals surface area (Å²) in [4.78, 5) is 27.0. The number of alkyl halides is 3. The summed E-state index contributed by atoms with van der Waals surface area (Å²) < 4.78 is 38.2. The zero-order valence-electron chi connectivity index (χ0n) is 18.1. The molecular weight excluding hydrogens is 439 g/mol. The Bertz CT molecular complexity index is 1160. The number of rotatable bonds is 6. The van der Waals surface area contributed by atoms with Gasteiger partial charge in [0.05, 0.1) is 17.6 Å². The van der Waals surface area contributed by atoms with E-state index in [-0.39, 0.29) is 11.9 Å². The third-order valence-corrected chi connectivity index (χ3v) is 5.14. The molecule has 3 aromatic heterocycles. The van der Waals surface area contributed by atoms with Gasteiger partial charge in [0, 0.05) is 26.0 Å². The molecule has 0 bridgehead atoms. The Morgan fingerprint density at radius 1 is 1.21 bits per heavy atom. The van der Waals surface area contributed by atoms with Crippen molar-refractivity contribution in [2.75, 3.05) is 27.9 Å². The Hall–Kier alpha value is -3.90. The van der Waals surface area contributed by atoms with Crippen LogP contribution in [0.2, 0.25) is 0 Å². The molecule has 0 fully saturated rings. The standard InChI is InChI=1S/C20H22F3N9O/c1-11-16-17(31(3)12(2)18(33)29-16)30-19(27-11)25-7-13-4-5-15(24-6-13)28-14-8-26-32(9-14)10-20(21,22)23/h4-6,8-9,12H,7,10H2,1-3H3,(H,24,28)(H,29,33)(H,25,27,30)/t12-/m0/s1. The summed E-state index contributed by atoms with van der Waals surface area (Å²) in [6, 6.07) is 3.19. The molecule has 0 spiro atoms. The number of carbonyl (C=O) groups excluding carboxylic acids is 1. The van der Waals surface area contributed by atoms with Crippen molar-refractivity contribution in [2.45, 2.75) is 39.2 Å². The Kier molecular flexibility index (Phi) is 5.78. The van der Waals surface area contributed by atoms with E-state index < -0.39 is 12.7 Å². The monoisotopic (exact) mass is 461 g/mol. The molecular formula is C20H22F3N9O. The SMILES string of the molecule is Cc1nc(NCc2ccc(Nc3cnn(CC(F)(F)F)c3)nc2)nc2c1NC(=O)[C@H](C)N2C. The first-order valence-corrected chi connectivity index (χ1v) is 10.1. The second kappa shape index (κ2) is 8.56. The first-order chi connectivity index (χ1) is 15.6. The number of likely N-dealkylation sites (N-methyl/N-ethyl adjacent to an activating group) is 1. The molecule has 4 heterocycles. The number of amides is 1. The van der Waals surface area contributed by atoms with Crippen LogP contribution in [0.15, 0.2) is 30.7 Å². The second-order valence-electron chi connectivity index (χ2n) is 7.68. The van der Waals surface area contributed by atoms with Crippen LogP contribution in [0.3, 0.4) is 0 Å². The van der Waals surface area contributed by atoms with Crippen LogP contribution in [0.5, 0.6) is 0 Å². The predicted octanol–water partition coefficient (Wildman–Crippen LogP) is 3.07. The molecule has 33 heavy (non-hydrogen) atoms. The number of hydrogen-bond donors (Lipinski definition) is 3. The van der Waals surface area contributed by atoms with E-state index in [1.807, 2.05) is 6.07 Å². The summed E-state index contributed by atoms with van der Waals surface area (Å²) in [5.41, 5.74) is 2.50. The highest BCUT2D eigenvalue weighted by Gasteiger charge is 2.30. The highest BCUT2D eigenvalue weighted by molar-refractivity contribution is 6.03. The van der Waals surface area contributed by atoms with Gasteiger partial charge >= 0.3 is 6.18 Å². The van der Waals surface area contributed by atoms with Crippen LogP contribution in [-0.4, -0.2) is 49.9 Å². The van der Waals surface area contributed by atoms with Crippen LogP contribution in [-0.2, 0) is 17.9 Å². The van der Waals surface area contributed by atoms with E-state index in [2.05, 4.69) is 36.0 Å². The summed E-state index contributed by atoms with van der Waals surface area (Å²) in [5, 5.41) is 12.6. The van der Waals surface area contributed by atoms with Crippen molar-refractivity contribution in [1.29, 1.82) is 0 Å². The molecule has 4 rings (SSSR count). The van der Waals surface area contributed by atoms with E-state index in [1.54, 1.807) is 38.1 Å². The number of aromatic nitrogens is 5. The summed E-state index contributed by atoms with van der Waals surface area (Å²) in [6.45, 7) is 2.85. The Labute approximate surface area is 187 Å². The van der Waals surface area contributed by atoms with Crippen LogP contribution in [0.4, 0.5) is 42.1 Å². The lowest BCUT2D eigenvalue weighted by Crippen LogP contribution is -2.44. The van der Waals surface area contributed by atoms with Gasteiger partial charge in [-0.15, -0.1) is 0 Å². The Balaban J connectivity index is 1.38. The summed E-state index contributed by atoms with van der Waals surface area (Å²) in [6.07, 6.45) is -0.132. The Morgan fingerprint density at radius 3 is 2.70 bits per heavy atom. The van der Waals surface area contributed by atoms with Crippen molar-refractivity contribution in [3.05, 3.63) is 42.0 Å². The van der Waals surface area contributed by atoms with Crippen LogP contribution < -0.4 is 20.9 Å². The second-order valence-corrected chi connectivity index (χ2v) is 7.68. The molecule has 0 radical (unpaired) electrons. The van der Waals surface area contributed by atoms with Crippen molar-refractivity contribution >= 4 is 34.9 Å². The van der Waals surface area contributed by atoms with Gasteiger partial charge < -0.3 is 20.9 Å². The first kappa shape index (κ1) is 22.3. The van der Waals surface area contributed by atoms with Crippen LogP contribution >= 0.6 is 0 Å². The van der Waals surface area contributed by atoms with Gasteiger partial charge in [-0.05, 0) is 25.5 Å². The maximum Gasteiger partial charge on any atom is 0.408 e. The fourth-order valence-corrected chi connectivity index (χ4v) is 3.26. The van der Waals surface area contributed by atoms with E-state index in [1.165, 1.54) is 12.4 Å². The summed E-state index contributed by atoms with van der Waals surface area (Å²) in [5.74, 6) is 1.42. The molecule has 0 unspecified atom stereocenters. The van der Waals surface area contributed by atoms with Crippen molar-refractivity contribution in [2.24, 2.45) is 0 Å². The number of pyridine rings is 1. The fourth-order valence-electron chi connectivity index (χ4n) is 3.26. The molecule has 1 atom stereocenters. The topological polar surface area (TPSA) is 113 Å².